The molecule has 6 nitrogen and oxygen atoms in total. The average molecular weight is 299 g/mol. The molecule has 22 heavy (non-hydrogen) atoms. The molecular formula is C16H13NO5. The van der Waals surface area contributed by atoms with Crippen LogP contribution in [0, 0.1) is 0 Å². The number of anilines is 1. The number of benzene rings is 2. The molecule has 0 saturated heterocycles. The van der Waals surface area contributed by atoms with Gasteiger partial charge in [-0.05, 0) is 40.5 Å². The fourth-order valence-corrected chi connectivity index (χ4v) is 2.54. The Morgan fingerprint density at radius 3 is 1.91 bits per heavy atom. The van der Waals surface area contributed by atoms with Crippen molar-refractivity contribution in [2.75, 3.05) is 5.73 Å². The number of rotatable bonds is 1. The summed E-state index contributed by atoms with van der Waals surface area (Å²) in [6.45, 7) is 3.86. The number of nitrogens with two attached hydrogens (primary N) is 1. The zero-order valence-electron chi connectivity index (χ0n) is 11.3. The first-order valence-corrected chi connectivity index (χ1v) is 6.33. The number of hydrogen-bond donors (Lipinski definition) is 6. The molecular weight excluding hydrogens is 286 g/mol. The van der Waals surface area contributed by atoms with Gasteiger partial charge in [-0.2, -0.15) is 0 Å². The van der Waals surface area contributed by atoms with Gasteiger partial charge < -0.3 is 31.3 Å². The van der Waals surface area contributed by atoms with E-state index in [1.54, 1.807) is 24.3 Å². The minimum absolute atomic E-state index is 0.197. The van der Waals surface area contributed by atoms with Crippen LogP contribution >= 0.6 is 0 Å². The van der Waals surface area contributed by atoms with Crippen molar-refractivity contribution < 1.29 is 25.5 Å². The molecule has 6 heteroatoms. The zero-order valence-corrected chi connectivity index (χ0v) is 11.3. The Bertz CT molecular complexity index is 838. The molecule has 7 N–H and O–H groups in total. The maximum absolute atomic E-state index is 10.0. The molecule has 1 aliphatic carbocycles. The lowest BCUT2D eigenvalue weighted by Gasteiger charge is -2.14. The SMILES string of the molecule is C=C1C=C(c2c(O)c(O)c(O)c(O)c2O)c2ccc(N)cc21. The second-order valence-electron chi connectivity index (χ2n) is 5.01. The van der Waals surface area contributed by atoms with E-state index < -0.39 is 28.7 Å². The molecule has 0 spiro atoms. The summed E-state index contributed by atoms with van der Waals surface area (Å²) >= 11 is 0. The fraction of sp³-hybridized carbons (Fsp3) is 0. The number of allylic oxidation sites excluding steroid dienone is 2. The van der Waals surface area contributed by atoms with Crippen molar-refractivity contribution in [3.05, 3.63) is 47.5 Å². The van der Waals surface area contributed by atoms with Crippen molar-refractivity contribution in [3.63, 3.8) is 0 Å². The van der Waals surface area contributed by atoms with E-state index >= 15 is 0 Å². The summed E-state index contributed by atoms with van der Waals surface area (Å²) in [4.78, 5) is 0. The largest absolute Gasteiger partial charge is 0.504 e. The van der Waals surface area contributed by atoms with Crippen LogP contribution in [0.2, 0.25) is 0 Å². The molecule has 2 aromatic rings. The summed E-state index contributed by atoms with van der Waals surface area (Å²) in [5.74, 6) is -4.30. The maximum atomic E-state index is 10.0. The molecule has 0 heterocycles. The van der Waals surface area contributed by atoms with Crippen LogP contribution in [-0.2, 0) is 0 Å². The van der Waals surface area contributed by atoms with Crippen molar-refractivity contribution >= 4 is 16.8 Å². The molecule has 0 bridgehead atoms. The van der Waals surface area contributed by atoms with Crippen molar-refractivity contribution in [2.24, 2.45) is 0 Å². The summed E-state index contributed by atoms with van der Waals surface area (Å²) in [6.07, 6.45) is 1.58. The van der Waals surface area contributed by atoms with Gasteiger partial charge in [0.05, 0.1) is 5.56 Å². The van der Waals surface area contributed by atoms with Gasteiger partial charge >= 0.3 is 0 Å². The molecule has 0 aromatic heterocycles. The van der Waals surface area contributed by atoms with Crippen LogP contribution in [0.3, 0.4) is 0 Å². The van der Waals surface area contributed by atoms with Crippen molar-refractivity contribution in [3.8, 4) is 28.7 Å². The lowest BCUT2D eigenvalue weighted by molar-refractivity contribution is 0.327. The van der Waals surface area contributed by atoms with Crippen LogP contribution in [0.5, 0.6) is 28.7 Å². The standard InChI is InChI=1S/C16H13NO5/c1-6-4-10(8-3-2-7(17)5-9(6)8)11-12(18)14(20)16(22)15(21)13(11)19/h2-5,18-22H,1,17H2. The van der Waals surface area contributed by atoms with E-state index in [0.29, 0.717) is 28.0 Å². The van der Waals surface area contributed by atoms with Gasteiger partial charge in [-0.15, -0.1) is 0 Å². The van der Waals surface area contributed by atoms with Gasteiger partial charge in [-0.3, -0.25) is 0 Å². The normalized spacial score (nSPS) is 13.1. The number of hydrogen-bond acceptors (Lipinski definition) is 6. The monoisotopic (exact) mass is 299 g/mol. The van der Waals surface area contributed by atoms with Crippen LogP contribution < -0.4 is 5.73 Å². The molecule has 1 aliphatic rings. The number of fused-ring (bicyclic) bond motifs is 1. The third kappa shape index (κ3) is 1.67. The van der Waals surface area contributed by atoms with Crippen LogP contribution in [0.1, 0.15) is 16.7 Å². The van der Waals surface area contributed by atoms with E-state index in [1.165, 1.54) is 0 Å². The predicted octanol–water partition coefficient (Wildman–Crippen LogP) is 2.26. The Hall–Kier alpha value is -3.28. The minimum Gasteiger partial charge on any atom is -0.504 e. The first-order valence-electron chi connectivity index (χ1n) is 6.33. The number of nitrogen functional groups attached to an aromatic ring is 1. The highest BCUT2D eigenvalue weighted by molar-refractivity contribution is 6.04. The third-order valence-electron chi connectivity index (χ3n) is 3.64. The summed E-state index contributed by atoms with van der Waals surface area (Å²) in [5.41, 5.74) is 8.34. The van der Waals surface area contributed by atoms with Crippen LogP contribution in [0.15, 0.2) is 30.9 Å². The lowest BCUT2D eigenvalue weighted by Crippen LogP contribution is -1.92. The van der Waals surface area contributed by atoms with Gasteiger partial charge in [0.1, 0.15) is 0 Å². The van der Waals surface area contributed by atoms with E-state index in [4.69, 9.17) is 5.73 Å². The molecule has 112 valence electrons. The molecule has 3 rings (SSSR count). The second kappa shape index (κ2) is 4.36. The van der Waals surface area contributed by atoms with Gasteiger partial charge in [-0.1, -0.05) is 12.6 Å². The molecule has 0 fully saturated rings. The summed E-state index contributed by atoms with van der Waals surface area (Å²) < 4.78 is 0. The topological polar surface area (TPSA) is 127 Å². The van der Waals surface area contributed by atoms with Crippen molar-refractivity contribution in [1.29, 1.82) is 0 Å². The predicted molar refractivity (Wildman–Crippen MR) is 81.7 cm³/mol. The van der Waals surface area contributed by atoms with Gasteiger partial charge in [0.25, 0.3) is 0 Å². The highest BCUT2D eigenvalue weighted by Crippen LogP contribution is 2.55. The number of phenolic OH excluding ortho intramolecular Hbond substituents is 5. The fourth-order valence-electron chi connectivity index (χ4n) is 2.54. The van der Waals surface area contributed by atoms with Gasteiger partial charge in [0, 0.05) is 5.69 Å². The smallest absolute Gasteiger partial charge is 0.208 e. The average Bonchev–Trinajstić information content (AvgIpc) is 2.80. The Labute approximate surface area is 125 Å². The highest BCUT2D eigenvalue weighted by Gasteiger charge is 2.29. The quantitative estimate of drug-likeness (QED) is 0.272. The molecule has 0 amide bonds. The van der Waals surface area contributed by atoms with E-state index in [2.05, 4.69) is 6.58 Å². The molecule has 0 aliphatic heterocycles. The Balaban J connectivity index is 2.32. The third-order valence-corrected chi connectivity index (χ3v) is 3.64. The maximum Gasteiger partial charge on any atom is 0.208 e. The van der Waals surface area contributed by atoms with Crippen molar-refractivity contribution in [1.82, 2.24) is 0 Å². The van der Waals surface area contributed by atoms with Crippen LogP contribution in [0.25, 0.3) is 11.1 Å². The van der Waals surface area contributed by atoms with E-state index in [9.17, 15) is 25.5 Å². The van der Waals surface area contributed by atoms with Gasteiger partial charge in [0.15, 0.2) is 11.5 Å². The summed E-state index contributed by atoms with van der Waals surface area (Å²) in [5, 5.41) is 48.9. The summed E-state index contributed by atoms with van der Waals surface area (Å²) in [6, 6.07) is 5.00. The molecule has 0 saturated carbocycles. The Kier molecular flexibility index (Phi) is 2.71. The molecule has 2 aromatic carbocycles. The van der Waals surface area contributed by atoms with Crippen LogP contribution in [-0.4, -0.2) is 25.5 Å². The van der Waals surface area contributed by atoms with Crippen LogP contribution in [0.4, 0.5) is 5.69 Å². The lowest BCUT2D eigenvalue weighted by atomic mass is 9.96. The molecule has 0 unspecified atom stereocenters. The van der Waals surface area contributed by atoms with Gasteiger partial charge in [0.2, 0.25) is 17.2 Å². The first kappa shape index (κ1) is 13.7. The first-order chi connectivity index (χ1) is 10.3. The molecule has 0 atom stereocenters. The second-order valence-corrected chi connectivity index (χ2v) is 5.01. The summed E-state index contributed by atoms with van der Waals surface area (Å²) in [7, 11) is 0. The minimum atomic E-state index is -0.992. The van der Waals surface area contributed by atoms with Crippen molar-refractivity contribution in [2.45, 2.75) is 0 Å². The Morgan fingerprint density at radius 1 is 0.773 bits per heavy atom. The highest BCUT2D eigenvalue weighted by atomic mass is 16.4. The zero-order chi connectivity index (χ0) is 16.2. The van der Waals surface area contributed by atoms with Gasteiger partial charge in [-0.25, -0.2) is 0 Å². The number of phenols is 5. The Morgan fingerprint density at radius 2 is 1.32 bits per heavy atom. The van der Waals surface area contributed by atoms with E-state index in [1.807, 2.05) is 0 Å². The van der Waals surface area contributed by atoms with E-state index in [-0.39, 0.29) is 5.56 Å². The number of aromatic hydroxyl groups is 5. The van der Waals surface area contributed by atoms with E-state index in [0.717, 1.165) is 0 Å². The molecule has 0 radical (unpaired) electrons.